The molecule has 0 aromatic carbocycles. The van der Waals surface area contributed by atoms with Crippen LogP contribution in [-0.2, 0) is 7.05 Å². The van der Waals surface area contributed by atoms with Gasteiger partial charge in [-0.05, 0) is 11.6 Å². The Hall–Kier alpha value is -1.03. The normalized spacial score (nSPS) is 9.80. The summed E-state index contributed by atoms with van der Waals surface area (Å²) in [4.78, 5) is 20.9. The molecular weight excluding hydrogens is 158 g/mol. The topological polar surface area (TPSA) is 52.2 Å². The van der Waals surface area contributed by atoms with Crippen molar-refractivity contribution in [3.05, 3.63) is 22.5 Å². The van der Waals surface area contributed by atoms with E-state index in [1.54, 1.807) is 0 Å². The summed E-state index contributed by atoms with van der Waals surface area (Å²) in [5.74, 6) is -0.724. The van der Waals surface area contributed by atoms with Crippen molar-refractivity contribution in [3.8, 4) is 0 Å². The van der Waals surface area contributed by atoms with E-state index < -0.39 is 11.0 Å². The molecule has 0 aliphatic carbocycles. The first-order valence-corrected chi connectivity index (χ1v) is 2.85. The van der Waals surface area contributed by atoms with Crippen molar-refractivity contribution in [3.63, 3.8) is 0 Å². The summed E-state index contributed by atoms with van der Waals surface area (Å²) in [6, 6.07) is 0. The van der Waals surface area contributed by atoms with Gasteiger partial charge in [-0.2, -0.15) is 0 Å². The molecule has 10 heavy (non-hydrogen) atoms. The molecule has 0 bridgehead atoms. The number of carbonyl (C=O) groups is 1. The third-order valence-corrected chi connectivity index (χ3v) is 1.18. The Morgan fingerprint density at radius 1 is 1.80 bits per heavy atom. The maximum atomic E-state index is 10.5. The first kappa shape index (κ1) is 7.08. The highest BCUT2D eigenvalue weighted by molar-refractivity contribution is 6.67. The molecule has 0 atom stereocenters. The van der Waals surface area contributed by atoms with Crippen molar-refractivity contribution in [2.75, 3.05) is 0 Å². The predicted octanol–water partition coefficient (Wildman–Crippen LogP) is 0.357. The summed E-state index contributed by atoms with van der Waals surface area (Å²) >= 11 is 5.00. The summed E-state index contributed by atoms with van der Waals surface area (Å²) < 4.78 is 5.54. The Labute approximate surface area is 61.0 Å². The Morgan fingerprint density at radius 2 is 2.40 bits per heavy atom. The number of halogens is 1. The van der Waals surface area contributed by atoms with E-state index in [4.69, 9.17) is 11.6 Å². The van der Waals surface area contributed by atoms with E-state index in [9.17, 15) is 9.59 Å². The molecule has 0 unspecified atom stereocenters. The fourth-order valence-corrected chi connectivity index (χ4v) is 0.599. The minimum absolute atomic E-state index is 0.130. The molecule has 54 valence electrons. The van der Waals surface area contributed by atoms with Gasteiger partial charge in [0.25, 0.3) is 5.24 Å². The predicted molar refractivity (Wildman–Crippen MR) is 34.1 cm³/mol. The van der Waals surface area contributed by atoms with Gasteiger partial charge < -0.3 is 4.42 Å². The molecular formula is C5H4ClNO3. The highest BCUT2D eigenvalue weighted by atomic mass is 35.5. The van der Waals surface area contributed by atoms with Gasteiger partial charge in [-0.25, -0.2) is 4.79 Å². The lowest BCUT2D eigenvalue weighted by molar-refractivity contribution is 0.105. The van der Waals surface area contributed by atoms with Crippen LogP contribution >= 0.6 is 11.6 Å². The number of oxazole rings is 1. The van der Waals surface area contributed by atoms with Gasteiger partial charge in [0.1, 0.15) is 0 Å². The van der Waals surface area contributed by atoms with Gasteiger partial charge >= 0.3 is 5.76 Å². The van der Waals surface area contributed by atoms with Crippen molar-refractivity contribution in [2.45, 2.75) is 0 Å². The average molecular weight is 162 g/mol. The zero-order valence-corrected chi connectivity index (χ0v) is 5.88. The van der Waals surface area contributed by atoms with Crippen LogP contribution in [-0.4, -0.2) is 9.81 Å². The van der Waals surface area contributed by atoms with E-state index in [1.165, 1.54) is 13.2 Å². The number of rotatable bonds is 1. The monoisotopic (exact) mass is 161 g/mol. The highest BCUT2D eigenvalue weighted by Gasteiger charge is 2.07. The lowest BCUT2D eigenvalue weighted by Crippen LogP contribution is -2.07. The maximum Gasteiger partial charge on any atom is 0.419 e. The van der Waals surface area contributed by atoms with Crippen LogP contribution in [0.15, 0.2) is 15.4 Å². The van der Waals surface area contributed by atoms with Crippen LogP contribution in [0.3, 0.4) is 0 Å². The summed E-state index contributed by atoms with van der Waals surface area (Å²) in [5, 5.41) is -0.766. The van der Waals surface area contributed by atoms with Gasteiger partial charge in [-0.3, -0.25) is 9.36 Å². The van der Waals surface area contributed by atoms with E-state index in [-0.39, 0.29) is 5.76 Å². The van der Waals surface area contributed by atoms with Crippen LogP contribution in [0.4, 0.5) is 0 Å². The Bertz CT molecular complexity index is 311. The molecule has 0 aliphatic rings. The largest absolute Gasteiger partial charge is 0.419 e. The summed E-state index contributed by atoms with van der Waals surface area (Å²) in [5.41, 5.74) is 0. The molecule has 1 aromatic rings. The van der Waals surface area contributed by atoms with Crippen molar-refractivity contribution in [2.24, 2.45) is 7.05 Å². The van der Waals surface area contributed by atoms with E-state index in [2.05, 4.69) is 4.42 Å². The van der Waals surface area contributed by atoms with Crippen molar-refractivity contribution in [1.29, 1.82) is 0 Å². The fourth-order valence-electron chi connectivity index (χ4n) is 0.512. The quantitative estimate of drug-likeness (QED) is 0.559. The summed E-state index contributed by atoms with van der Waals surface area (Å²) in [6.07, 6.45) is 1.23. The van der Waals surface area contributed by atoms with Gasteiger partial charge in [0, 0.05) is 7.05 Å². The van der Waals surface area contributed by atoms with Crippen molar-refractivity contribution < 1.29 is 9.21 Å². The van der Waals surface area contributed by atoms with Crippen LogP contribution in [0.5, 0.6) is 0 Å². The molecule has 5 heteroatoms. The molecule has 1 heterocycles. The van der Waals surface area contributed by atoms with Crippen LogP contribution < -0.4 is 5.76 Å². The molecule has 0 spiro atoms. The first-order valence-electron chi connectivity index (χ1n) is 2.47. The van der Waals surface area contributed by atoms with Crippen LogP contribution in [0.25, 0.3) is 0 Å². The van der Waals surface area contributed by atoms with Gasteiger partial charge in [0.15, 0.2) is 0 Å². The number of aromatic nitrogens is 1. The molecule has 4 nitrogen and oxygen atoms in total. The second-order valence-corrected chi connectivity index (χ2v) is 2.09. The number of hydrogen-bond donors (Lipinski definition) is 0. The first-order chi connectivity index (χ1) is 4.61. The lowest BCUT2D eigenvalue weighted by Gasteiger charge is -1.77. The van der Waals surface area contributed by atoms with E-state index >= 15 is 0 Å². The zero-order valence-electron chi connectivity index (χ0n) is 5.13. The van der Waals surface area contributed by atoms with Crippen LogP contribution in [0.1, 0.15) is 10.6 Å². The molecule has 0 N–H and O–H groups in total. The molecule has 1 aromatic heterocycles. The molecule has 1 rings (SSSR count). The van der Waals surface area contributed by atoms with Crippen LogP contribution in [0.2, 0.25) is 0 Å². The minimum Gasteiger partial charge on any atom is -0.403 e. The Balaban J connectivity index is 3.23. The minimum atomic E-state index is -0.766. The molecule has 0 radical (unpaired) electrons. The van der Waals surface area contributed by atoms with E-state index in [0.29, 0.717) is 0 Å². The molecule has 0 saturated heterocycles. The summed E-state index contributed by atoms with van der Waals surface area (Å²) in [6.45, 7) is 0. The Morgan fingerprint density at radius 3 is 2.60 bits per heavy atom. The molecule has 0 amide bonds. The van der Waals surface area contributed by atoms with Gasteiger partial charge in [-0.1, -0.05) is 0 Å². The fraction of sp³-hybridized carbons (Fsp3) is 0.200. The molecule has 0 saturated carbocycles. The third-order valence-electron chi connectivity index (χ3n) is 0.990. The average Bonchev–Trinajstić information content (AvgIpc) is 2.13. The van der Waals surface area contributed by atoms with Gasteiger partial charge in [-0.15, -0.1) is 0 Å². The zero-order chi connectivity index (χ0) is 7.72. The lowest BCUT2D eigenvalue weighted by atomic mass is 10.6. The second-order valence-electron chi connectivity index (χ2n) is 1.75. The van der Waals surface area contributed by atoms with Crippen LogP contribution in [0, 0.1) is 0 Å². The van der Waals surface area contributed by atoms with Gasteiger partial charge in [0.05, 0.1) is 6.20 Å². The van der Waals surface area contributed by atoms with Crippen molar-refractivity contribution >= 4 is 16.8 Å². The van der Waals surface area contributed by atoms with E-state index in [0.717, 1.165) is 4.57 Å². The number of aryl methyl sites for hydroxylation is 1. The van der Waals surface area contributed by atoms with Gasteiger partial charge in [0.2, 0.25) is 5.76 Å². The standard InChI is InChI=1S/C5H4ClNO3/c1-7-2-3(4(6)8)10-5(7)9/h2H,1H3. The second kappa shape index (κ2) is 2.30. The summed E-state index contributed by atoms with van der Waals surface area (Å²) in [7, 11) is 1.47. The van der Waals surface area contributed by atoms with E-state index in [1.807, 2.05) is 0 Å². The number of hydrogen-bond acceptors (Lipinski definition) is 3. The smallest absolute Gasteiger partial charge is 0.403 e. The SMILES string of the molecule is Cn1cc(C(=O)Cl)oc1=O. The molecule has 0 aliphatic heterocycles. The van der Waals surface area contributed by atoms with Crippen molar-refractivity contribution in [1.82, 2.24) is 4.57 Å². The molecule has 0 fully saturated rings. The number of nitrogens with zero attached hydrogens (tertiary/aromatic N) is 1. The maximum absolute atomic E-state index is 10.5. The highest BCUT2D eigenvalue weighted by Crippen LogP contribution is 1.98. The Kier molecular flexibility index (Phi) is 1.63. The number of carbonyl (C=O) groups excluding carboxylic acids is 1. The third kappa shape index (κ3) is 1.11.